The summed E-state index contributed by atoms with van der Waals surface area (Å²) in [5.41, 5.74) is 2.72. The van der Waals surface area contributed by atoms with Gasteiger partial charge in [0, 0.05) is 25.7 Å². The highest BCUT2D eigenvalue weighted by atomic mass is 16.2. The molecule has 3 nitrogen and oxygen atoms in total. The molecule has 0 N–H and O–H groups in total. The molecule has 0 aliphatic carbocycles. The molecule has 0 radical (unpaired) electrons. The number of carbonyl (C=O) groups excluding carboxylic acids is 1. The number of rotatable bonds is 5. The van der Waals surface area contributed by atoms with Crippen LogP contribution in [0.4, 0.5) is 0 Å². The van der Waals surface area contributed by atoms with E-state index < -0.39 is 0 Å². The van der Waals surface area contributed by atoms with E-state index in [0.29, 0.717) is 17.9 Å². The number of hydrogen-bond donors (Lipinski definition) is 0. The van der Waals surface area contributed by atoms with Crippen molar-refractivity contribution in [2.75, 3.05) is 13.1 Å². The van der Waals surface area contributed by atoms with E-state index >= 15 is 0 Å². The molecular weight excluding hydrogens is 344 g/mol. The SMILES string of the molecule is CC1CC[C@@H](C(=O)N2CCC(Cc3ccccc3)CC2)N1Cc1ccccc1. The summed E-state index contributed by atoms with van der Waals surface area (Å²) < 4.78 is 0. The van der Waals surface area contributed by atoms with E-state index in [1.54, 1.807) is 0 Å². The summed E-state index contributed by atoms with van der Waals surface area (Å²) in [4.78, 5) is 17.9. The lowest BCUT2D eigenvalue weighted by Gasteiger charge is -2.36. The van der Waals surface area contributed by atoms with E-state index in [0.717, 1.165) is 51.7 Å². The van der Waals surface area contributed by atoms with Gasteiger partial charge < -0.3 is 4.90 Å². The number of likely N-dealkylation sites (tertiary alicyclic amines) is 2. The molecule has 2 aromatic rings. The molecule has 28 heavy (non-hydrogen) atoms. The molecule has 2 aliphatic heterocycles. The zero-order chi connectivity index (χ0) is 19.3. The van der Waals surface area contributed by atoms with Crippen LogP contribution in [-0.4, -0.2) is 40.9 Å². The van der Waals surface area contributed by atoms with Gasteiger partial charge in [-0.1, -0.05) is 60.7 Å². The fraction of sp³-hybridized carbons (Fsp3) is 0.480. The van der Waals surface area contributed by atoms with E-state index in [-0.39, 0.29) is 6.04 Å². The van der Waals surface area contributed by atoms with Crippen LogP contribution < -0.4 is 0 Å². The summed E-state index contributed by atoms with van der Waals surface area (Å²) in [6.45, 7) is 4.98. The molecule has 0 saturated carbocycles. The Morgan fingerprint density at radius 1 is 0.857 bits per heavy atom. The summed E-state index contributed by atoms with van der Waals surface area (Å²) in [5, 5.41) is 0. The van der Waals surface area contributed by atoms with Crippen LogP contribution >= 0.6 is 0 Å². The van der Waals surface area contributed by atoms with Crippen LogP contribution in [0.25, 0.3) is 0 Å². The number of carbonyl (C=O) groups is 1. The van der Waals surface area contributed by atoms with Crippen LogP contribution in [0.5, 0.6) is 0 Å². The molecular formula is C25H32N2O. The van der Waals surface area contributed by atoms with Gasteiger partial charge in [0.05, 0.1) is 6.04 Å². The number of amides is 1. The van der Waals surface area contributed by atoms with Gasteiger partial charge in [-0.05, 0) is 56.1 Å². The molecule has 1 amide bonds. The first kappa shape index (κ1) is 19.2. The molecule has 0 aromatic heterocycles. The summed E-state index contributed by atoms with van der Waals surface area (Å²) in [6.07, 6.45) is 5.51. The third-order valence-electron chi connectivity index (χ3n) is 6.61. The molecule has 2 aromatic carbocycles. The quantitative estimate of drug-likeness (QED) is 0.766. The van der Waals surface area contributed by atoms with Crippen molar-refractivity contribution in [2.45, 2.75) is 57.7 Å². The van der Waals surface area contributed by atoms with Gasteiger partial charge in [-0.25, -0.2) is 0 Å². The fourth-order valence-electron chi connectivity index (χ4n) is 4.88. The minimum Gasteiger partial charge on any atom is -0.341 e. The van der Waals surface area contributed by atoms with Crippen LogP contribution in [0.3, 0.4) is 0 Å². The maximum atomic E-state index is 13.3. The van der Waals surface area contributed by atoms with Crippen molar-refractivity contribution in [3.05, 3.63) is 71.8 Å². The Labute approximate surface area is 169 Å². The predicted octanol–water partition coefficient (Wildman–Crippen LogP) is 4.52. The average molecular weight is 377 g/mol. The van der Waals surface area contributed by atoms with Gasteiger partial charge in [-0.2, -0.15) is 0 Å². The standard InChI is InChI=1S/C25H32N2O/c1-20-12-13-24(27(20)19-23-10-6-3-7-11-23)25(28)26-16-14-22(15-17-26)18-21-8-4-2-5-9-21/h2-11,20,22,24H,12-19H2,1H3/t20?,24-/m0/s1. The van der Waals surface area contributed by atoms with Crippen molar-refractivity contribution < 1.29 is 4.79 Å². The highest BCUT2D eigenvalue weighted by molar-refractivity contribution is 5.82. The van der Waals surface area contributed by atoms with Crippen LogP contribution in [-0.2, 0) is 17.8 Å². The molecule has 2 atom stereocenters. The molecule has 4 rings (SSSR count). The van der Waals surface area contributed by atoms with Crippen molar-refractivity contribution in [2.24, 2.45) is 5.92 Å². The van der Waals surface area contributed by atoms with Crippen LogP contribution in [0, 0.1) is 5.92 Å². The maximum Gasteiger partial charge on any atom is 0.239 e. The van der Waals surface area contributed by atoms with Gasteiger partial charge in [0.25, 0.3) is 0 Å². The number of nitrogens with zero attached hydrogens (tertiary/aromatic N) is 2. The summed E-state index contributed by atoms with van der Waals surface area (Å²) >= 11 is 0. The Kier molecular flexibility index (Phi) is 6.11. The first-order valence-electron chi connectivity index (χ1n) is 10.8. The maximum absolute atomic E-state index is 13.3. The Balaban J connectivity index is 1.33. The number of hydrogen-bond acceptors (Lipinski definition) is 2. The van der Waals surface area contributed by atoms with Crippen molar-refractivity contribution in [3.63, 3.8) is 0 Å². The van der Waals surface area contributed by atoms with Gasteiger partial charge >= 0.3 is 0 Å². The average Bonchev–Trinajstić information content (AvgIpc) is 3.10. The van der Waals surface area contributed by atoms with Crippen LogP contribution in [0.1, 0.15) is 43.7 Å². The van der Waals surface area contributed by atoms with E-state index in [1.807, 2.05) is 0 Å². The van der Waals surface area contributed by atoms with Crippen molar-refractivity contribution in [3.8, 4) is 0 Å². The highest BCUT2D eigenvalue weighted by Crippen LogP contribution is 2.29. The molecule has 2 aliphatic rings. The number of piperidine rings is 1. The molecule has 3 heteroatoms. The van der Waals surface area contributed by atoms with E-state index in [1.165, 1.54) is 11.1 Å². The summed E-state index contributed by atoms with van der Waals surface area (Å²) in [5.74, 6) is 1.06. The van der Waals surface area contributed by atoms with Gasteiger partial charge in [0.15, 0.2) is 0 Å². The van der Waals surface area contributed by atoms with Crippen molar-refractivity contribution in [1.82, 2.24) is 9.80 Å². The van der Waals surface area contributed by atoms with Gasteiger partial charge in [0.1, 0.15) is 0 Å². The van der Waals surface area contributed by atoms with Crippen molar-refractivity contribution in [1.29, 1.82) is 0 Å². The molecule has 2 saturated heterocycles. The number of benzene rings is 2. The second kappa shape index (κ2) is 8.91. The van der Waals surface area contributed by atoms with Crippen LogP contribution in [0.2, 0.25) is 0 Å². The molecule has 1 unspecified atom stereocenters. The first-order chi connectivity index (χ1) is 13.7. The first-order valence-corrected chi connectivity index (χ1v) is 10.8. The van der Waals surface area contributed by atoms with E-state index in [4.69, 9.17) is 0 Å². The molecule has 2 fully saturated rings. The summed E-state index contributed by atoms with van der Waals surface area (Å²) in [7, 11) is 0. The largest absolute Gasteiger partial charge is 0.341 e. The van der Waals surface area contributed by atoms with Crippen molar-refractivity contribution >= 4 is 5.91 Å². The minimum absolute atomic E-state index is 0.0564. The minimum atomic E-state index is 0.0564. The Bertz CT molecular complexity index is 753. The lowest BCUT2D eigenvalue weighted by Crippen LogP contribution is -2.49. The fourth-order valence-corrected chi connectivity index (χ4v) is 4.88. The Morgan fingerprint density at radius 3 is 2.11 bits per heavy atom. The molecule has 0 bridgehead atoms. The monoisotopic (exact) mass is 376 g/mol. The Morgan fingerprint density at radius 2 is 1.46 bits per heavy atom. The lowest BCUT2D eigenvalue weighted by atomic mass is 9.90. The third-order valence-corrected chi connectivity index (χ3v) is 6.61. The molecule has 148 valence electrons. The molecule has 2 heterocycles. The normalized spacial score (nSPS) is 23.8. The van der Waals surface area contributed by atoms with Gasteiger partial charge in [-0.3, -0.25) is 9.69 Å². The van der Waals surface area contributed by atoms with Gasteiger partial charge in [0.2, 0.25) is 5.91 Å². The smallest absolute Gasteiger partial charge is 0.239 e. The molecule has 0 spiro atoms. The predicted molar refractivity (Wildman–Crippen MR) is 114 cm³/mol. The highest BCUT2D eigenvalue weighted by Gasteiger charge is 2.38. The van der Waals surface area contributed by atoms with Gasteiger partial charge in [-0.15, -0.1) is 0 Å². The zero-order valence-corrected chi connectivity index (χ0v) is 17.0. The van der Waals surface area contributed by atoms with E-state index in [9.17, 15) is 4.79 Å². The summed E-state index contributed by atoms with van der Waals surface area (Å²) in [6, 6.07) is 21.9. The van der Waals surface area contributed by atoms with E-state index in [2.05, 4.69) is 77.4 Å². The second-order valence-electron chi connectivity index (χ2n) is 8.56. The topological polar surface area (TPSA) is 23.6 Å². The third kappa shape index (κ3) is 4.47. The lowest BCUT2D eigenvalue weighted by molar-refractivity contribution is -0.138. The second-order valence-corrected chi connectivity index (χ2v) is 8.56. The Hall–Kier alpha value is -2.13. The zero-order valence-electron chi connectivity index (χ0n) is 17.0. The van der Waals surface area contributed by atoms with Crippen LogP contribution in [0.15, 0.2) is 60.7 Å².